The van der Waals surface area contributed by atoms with Crippen molar-refractivity contribution in [1.82, 2.24) is 25.1 Å². The summed E-state index contributed by atoms with van der Waals surface area (Å²) in [4.78, 5) is 52.5. The molecule has 3 amide bonds. The van der Waals surface area contributed by atoms with Crippen LogP contribution in [0.4, 0.5) is 4.79 Å². The summed E-state index contributed by atoms with van der Waals surface area (Å²) in [6.45, 7) is 8.05. The number of carbonyl (C=O) groups excluding carboxylic acids is 3. The molecule has 1 saturated heterocycles. The van der Waals surface area contributed by atoms with Gasteiger partial charge < -0.3 is 29.4 Å². The van der Waals surface area contributed by atoms with Crippen molar-refractivity contribution < 1.29 is 28.6 Å². The first kappa shape index (κ1) is 33.8. The van der Waals surface area contributed by atoms with Gasteiger partial charge in [-0.15, -0.1) is 11.3 Å². The fourth-order valence-corrected chi connectivity index (χ4v) is 6.51. The number of aliphatic hydroxyl groups is 1. The summed E-state index contributed by atoms with van der Waals surface area (Å²) in [5.41, 5.74) is 2.02. The van der Waals surface area contributed by atoms with E-state index in [0.717, 1.165) is 16.3 Å². The molecule has 0 aliphatic carbocycles. The van der Waals surface area contributed by atoms with Gasteiger partial charge in [0.15, 0.2) is 0 Å². The van der Waals surface area contributed by atoms with Gasteiger partial charge >= 0.3 is 6.09 Å². The zero-order valence-corrected chi connectivity index (χ0v) is 28.1. The van der Waals surface area contributed by atoms with Gasteiger partial charge in [-0.2, -0.15) is 0 Å². The maximum absolute atomic E-state index is 14.0. The number of carbonyl (C=O) groups is 3. The van der Waals surface area contributed by atoms with Gasteiger partial charge in [0.25, 0.3) is 11.8 Å². The number of benzene rings is 2. The Hall–Kier alpha value is -4.55. The van der Waals surface area contributed by atoms with Crippen LogP contribution in [0.15, 0.2) is 70.8 Å². The monoisotopic (exact) mass is 659 g/mol. The van der Waals surface area contributed by atoms with Crippen LogP contribution in [0.2, 0.25) is 0 Å². The summed E-state index contributed by atoms with van der Waals surface area (Å²) in [6.07, 6.45) is 2.89. The van der Waals surface area contributed by atoms with E-state index in [9.17, 15) is 19.5 Å². The van der Waals surface area contributed by atoms with Crippen molar-refractivity contribution >= 4 is 29.2 Å². The molecule has 4 aromatic rings. The van der Waals surface area contributed by atoms with Crippen LogP contribution in [-0.4, -0.2) is 80.2 Å². The van der Waals surface area contributed by atoms with Crippen molar-refractivity contribution in [3.8, 4) is 11.5 Å². The van der Waals surface area contributed by atoms with Gasteiger partial charge in [-0.25, -0.2) is 14.8 Å². The van der Waals surface area contributed by atoms with E-state index in [2.05, 4.69) is 15.3 Å². The Morgan fingerprint density at radius 2 is 1.91 bits per heavy atom. The molecule has 5 rings (SSSR count). The van der Waals surface area contributed by atoms with Crippen molar-refractivity contribution in [1.29, 1.82) is 0 Å². The Morgan fingerprint density at radius 1 is 1.17 bits per heavy atom. The molecule has 0 bridgehead atoms. The lowest BCUT2D eigenvalue weighted by Gasteiger charge is -2.35. The number of likely N-dealkylation sites (tertiary alicyclic amines) is 1. The van der Waals surface area contributed by atoms with E-state index in [-0.39, 0.29) is 22.9 Å². The number of aromatic nitrogens is 2. The van der Waals surface area contributed by atoms with Crippen LogP contribution in [0.5, 0.6) is 0 Å². The second-order valence-corrected chi connectivity index (χ2v) is 13.8. The van der Waals surface area contributed by atoms with Crippen LogP contribution < -0.4 is 5.32 Å². The van der Waals surface area contributed by atoms with E-state index in [1.54, 1.807) is 49.8 Å². The molecule has 2 N–H and O–H groups in total. The van der Waals surface area contributed by atoms with Crippen molar-refractivity contribution in [3.63, 3.8) is 0 Å². The Balaban J connectivity index is 1.43. The molecule has 12 heteroatoms. The molecule has 47 heavy (non-hydrogen) atoms. The molecular weight excluding hydrogens is 618 g/mol. The van der Waals surface area contributed by atoms with Gasteiger partial charge in [0, 0.05) is 41.4 Å². The molecule has 248 valence electrons. The predicted molar refractivity (Wildman–Crippen MR) is 178 cm³/mol. The maximum atomic E-state index is 14.0. The molecule has 1 unspecified atom stereocenters. The first-order chi connectivity index (χ1) is 22.4. The van der Waals surface area contributed by atoms with E-state index in [1.165, 1.54) is 29.9 Å². The Morgan fingerprint density at radius 3 is 2.57 bits per heavy atom. The minimum atomic E-state index is -1.10. The standard InChI is InChI=1S/C35H41N5O6S/c1-22-21-47-29(37-22)20-39(5)33(43)26-18-24(17-25(19-26)32-36-13-15-45-32)31(42)38-27(16-23-10-7-6-8-11-23)30(41)28-12-9-14-40(28)34(44)46-35(2,3)4/h6-8,10-11,13,15,17-19,21,27-28,30,41H,9,12,14,16,20H2,1-5H3,(H,38,42)/t27-,28?,30-/m0/s1. The number of nitrogens with one attached hydrogen (secondary N) is 1. The van der Waals surface area contributed by atoms with E-state index in [1.807, 2.05) is 42.6 Å². The SMILES string of the molecule is Cc1csc(CN(C)C(=O)c2cc(C(=O)N[C@@H](Cc3ccccc3)[C@H](O)C3CCCN3C(=O)OC(C)(C)C)cc(-c3ncco3)c2)n1. The molecule has 1 aliphatic heterocycles. The predicted octanol–water partition coefficient (Wildman–Crippen LogP) is 5.48. The maximum Gasteiger partial charge on any atom is 0.410 e. The third kappa shape index (κ3) is 8.63. The molecule has 3 atom stereocenters. The van der Waals surface area contributed by atoms with Crippen LogP contribution in [0.3, 0.4) is 0 Å². The van der Waals surface area contributed by atoms with Gasteiger partial charge in [0.05, 0.1) is 30.9 Å². The fourth-order valence-electron chi connectivity index (χ4n) is 5.68. The highest BCUT2D eigenvalue weighted by molar-refractivity contribution is 7.09. The second-order valence-electron chi connectivity index (χ2n) is 12.8. The number of aryl methyl sites for hydroxylation is 1. The summed E-state index contributed by atoms with van der Waals surface area (Å²) in [7, 11) is 1.68. The normalized spacial score (nSPS) is 16.0. The van der Waals surface area contributed by atoms with Gasteiger partial charge in [-0.1, -0.05) is 30.3 Å². The molecule has 0 spiro atoms. The lowest BCUT2D eigenvalue weighted by atomic mass is 9.94. The molecule has 0 saturated carbocycles. The highest BCUT2D eigenvalue weighted by atomic mass is 32.1. The van der Waals surface area contributed by atoms with Gasteiger partial charge in [0.1, 0.15) is 16.9 Å². The number of hydrogen-bond donors (Lipinski definition) is 2. The van der Waals surface area contributed by atoms with Gasteiger partial charge in [-0.05, 0) is 70.7 Å². The van der Waals surface area contributed by atoms with Crippen LogP contribution in [-0.2, 0) is 17.7 Å². The average Bonchev–Trinajstić information content (AvgIpc) is 3.82. The van der Waals surface area contributed by atoms with E-state index < -0.39 is 35.8 Å². The van der Waals surface area contributed by atoms with Gasteiger partial charge in [0.2, 0.25) is 5.89 Å². The summed E-state index contributed by atoms with van der Waals surface area (Å²) in [5, 5.41) is 17.5. The molecule has 11 nitrogen and oxygen atoms in total. The summed E-state index contributed by atoms with van der Waals surface area (Å²) in [6, 6.07) is 13.0. The number of thiazole rings is 1. The highest BCUT2D eigenvalue weighted by Crippen LogP contribution is 2.27. The minimum absolute atomic E-state index is 0.197. The Bertz CT molecular complexity index is 1680. The zero-order valence-electron chi connectivity index (χ0n) is 27.3. The van der Waals surface area contributed by atoms with Crippen LogP contribution in [0.1, 0.15) is 70.6 Å². The number of aliphatic hydroxyl groups excluding tert-OH is 1. The second kappa shape index (κ2) is 14.5. The fraction of sp³-hybridized carbons (Fsp3) is 0.400. The zero-order chi connectivity index (χ0) is 33.7. The minimum Gasteiger partial charge on any atom is -0.445 e. The van der Waals surface area contributed by atoms with E-state index in [4.69, 9.17) is 9.15 Å². The molecule has 0 radical (unpaired) electrons. The molecular formula is C35H41N5O6S. The summed E-state index contributed by atoms with van der Waals surface area (Å²) >= 11 is 1.47. The Labute approximate surface area is 278 Å². The quantitative estimate of drug-likeness (QED) is 0.228. The first-order valence-electron chi connectivity index (χ1n) is 15.6. The van der Waals surface area contributed by atoms with E-state index >= 15 is 0 Å². The molecule has 2 aromatic heterocycles. The number of rotatable bonds is 10. The van der Waals surface area contributed by atoms with Crippen molar-refractivity contribution in [3.05, 3.63) is 93.8 Å². The number of amides is 3. The van der Waals surface area contributed by atoms with Crippen LogP contribution in [0.25, 0.3) is 11.5 Å². The lowest BCUT2D eigenvalue weighted by Crippen LogP contribution is -2.54. The van der Waals surface area contributed by atoms with Crippen molar-refractivity contribution in [2.24, 2.45) is 0 Å². The molecule has 2 aromatic carbocycles. The number of hydrogen-bond acceptors (Lipinski definition) is 9. The average molecular weight is 660 g/mol. The summed E-state index contributed by atoms with van der Waals surface area (Å²) < 4.78 is 11.1. The largest absolute Gasteiger partial charge is 0.445 e. The third-order valence-corrected chi connectivity index (χ3v) is 8.81. The summed E-state index contributed by atoms with van der Waals surface area (Å²) in [5.74, 6) is -0.542. The molecule has 1 fully saturated rings. The number of oxazole rings is 1. The topological polar surface area (TPSA) is 138 Å². The van der Waals surface area contributed by atoms with Crippen LogP contribution in [0, 0.1) is 6.92 Å². The van der Waals surface area contributed by atoms with Crippen molar-refractivity contribution in [2.45, 2.75) is 77.3 Å². The highest BCUT2D eigenvalue weighted by Gasteiger charge is 2.40. The molecule has 1 aliphatic rings. The van der Waals surface area contributed by atoms with Crippen molar-refractivity contribution in [2.75, 3.05) is 13.6 Å². The lowest BCUT2D eigenvalue weighted by molar-refractivity contribution is -0.00161. The molecule has 3 heterocycles. The third-order valence-electron chi connectivity index (χ3n) is 7.86. The number of nitrogens with zero attached hydrogens (tertiary/aromatic N) is 4. The number of ether oxygens (including phenoxy) is 1. The Kier molecular flexibility index (Phi) is 10.4. The van der Waals surface area contributed by atoms with Gasteiger partial charge in [-0.3, -0.25) is 9.59 Å². The first-order valence-corrected chi connectivity index (χ1v) is 16.5. The van der Waals surface area contributed by atoms with Crippen LogP contribution >= 0.6 is 11.3 Å². The van der Waals surface area contributed by atoms with E-state index in [0.29, 0.717) is 37.9 Å². The smallest absolute Gasteiger partial charge is 0.410 e.